The monoisotopic (exact) mass is 244 g/mol. The number of rotatable bonds is 2. The number of aromatic nitrogens is 2. The van der Waals surface area contributed by atoms with Crippen molar-refractivity contribution in [3.05, 3.63) is 17.5 Å². The van der Waals surface area contributed by atoms with Crippen molar-refractivity contribution >= 4 is 15.9 Å². The Hall–Kier alpha value is -1.41. The minimum atomic E-state index is -3.41. The summed E-state index contributed by atoms with van der Waals surface area (Å²) in [5.74, 6) is -0.202. The molecule has 1 aliphatic heterocycles. The highest BCUT2D eigenvalue weighted by molar-refractivity contribution is 7.89. The zero-order valence-corrected chi connectivity index (χ0v) is 9.71. The summed E-state index contributed by atoms with van der Waals surface area (Å²) >= 11 is 0. The molecule has 1 aliphatic rings. The molecule has 1 amide bonds. The molecule has 0 aliphatic carbocycles. The van der Waals surface area contributed by atoms with Gasteiger partial charge in [-0.25, -0.2) is 8.42 Å². The predicted octanol–water partition coefficient (Wildman–Crippen LogP) is -1.42. The van der Waals surface area contributed by atoms with Crippen LogP contribution in [0.2, 0.25) is 0 Å². The molecular formula is C8H12N4O3S. The molecule has 0 fully saturated rings. The van der Waals surface area contributed by atoms with Crippen molar-refractivity contribution in [2.45, 2.75) is 12.6 Å². The van der Waals surface area contributed by atoms with Crippen LogP contribution in [-0.2, 0) is 21.4 Å². The van der Waals surface area contributed by atoms with Gasteiger partial charge in [0.15, 0.2) is 0 Å². The van der Waals surface area contributed by atoms with Gasteiger partial charge in [0, 0.05) is 19.2 Å². The number of amides is 1. The van der Waals surface area contributed by atoms with Crippen LogP contribution in [0, 0.1) is 0 Å². The zero-order valence-electron chi connectivity index (χ0n) is 8.89. The summed E-state index contributed by atoms with van der Waals surface area (Å²) in [5.41, 5.74) is 1.14. The van der Waals surface area contributed by atoms with Gasteiger partial charge in [0.1, 0.15) is 6.04 Å². The van der Waals surface area contributed by atoms with Crippen LogP contribution in [0.4, 0.5) is 0 Å². The van der Waals surface area contributed by atoms with Crippen molar-refractivity contribution in [2.24, 2.45) is 0 Å². The average Bonchev–Trinajstić information content (AvgIpc) is 2.73. The molecule has 2 heterocycles. The van der Waals surface area contributed by atoms with E-state index in [0.29, 0.717) is 17.8 Å². The minimum Gasteiger partial charge on any atom is -0.358 e. The normalized spacial score (nSPS) is 19.5. The fourth-order valence-corrected chi connectivity index (χ4v) is 2.54. The maximum absolute atomic E-state index is 11.5. The second kappa shape index (κ2) is 3.56. The van der Waals surface area contributed by atoms with E-state index in [1.165, 1.54) is 13.2 Å². The second-order valence-electron chi connectivity index (χ2n) is 3.58. The number of carbonyl (C=O) groups excluding carboxylic acids is 1. The summed E-state index contributed by atoms with van der Waals surface area (Å²) in [6.45, 7) is 0.320. The summed E-state index contributed by atoms with van der Waals surface area (Å²) in [5, 5.41) is 9.22. The van der Waals surface area contributed by atoms with Gasteiger partial charge in [-0.1, -0.05) is 0 Å². The number of hydrogen-bond acceptors (Lipinski definition) is 5. The molecule has 0 spiro atoms. The lowest BCUT2D eigenvalue weighted by atomic mass is 10.1. The molecule has 88 valence electrons. The van der Waals surface area contributed by atoms with E-state index < -0.39 is 16.1 Å². The number of nitrogens with zero attached hydrogens (tertiary/aromatic N) is 2. The van der Waals surface area contributed by atoms with E-state index in [1.807, 2.05) is 0 Å². The van der Waals surface area contributed by atoms with E-state index >= 15 is 0 Å². The SMILES string of the molecule is CNC(=O)C1NCc2c1cnn2S(C)(=O)=O. The molecule has 2 rings (SSSR count). The van der Waals surface area contributed by atoms with Gasteiger partial charge in [-0.3, -0.25) is 10.1 Å². The summed E-state index contributed by atoms with van der Waals surface area (Å²) in [6.07, 6.45) is 2.49. The third-order valence-electron chi connectivity index (χ3n) is 2.47. The molecule has 2 N–H and O–H groups in total. The van der Waals surface area contributed by atoms with E-state index in [9.17, 15) is 13.2 Å². The molecule has 1 aromatic heterocycles. The van der Waals surface area contributed by atoms with Gasteiger partial charge in [0.25, 0.3) is 10.0 Å². The molecule has 0 radical (unpaired) electrons. The Kier molecular flexibility index (Phi) is 2.47. The number of nitrogens with one attached hydrogen (secondary N) is 2. The van der Waals surface area contributed by atoms with Crippen LogP contribution in [0.3, 0.4) is 0 Å². The molecule has 1 unspecified atom stereocenters. The second-order valence-corrected chi connectivity index (χ2v) is 5.39. The van der Waals surface area contributed by atoms with Crippen LogP contribution in [0.1, 0.15) is 17.3 Å². The maximum atomic E-state index is 11.5. The maximum Gasteiger partial charge on any atom is 0.251 e. The van der Waals surface area contributed by atoms with Crippen molar-refractivity contribution in [1.29, 1.82) is 0 Å². The fourth-order valence-electron chi connectivity index (χ4n) is 1.75. The highest BCUT2D eigenvalue weighted by Crippen LogP contribution is 2.25. The standard InChI is InChI=1S/C8H12N4O3S/c1-9-8(13)7-5-3-11-12(16(2,14)15)6(5)4-10-7/h3,7,10H,4H2,1-2H3,(H,9,13). The van der Waals surface area contributed by atoms with Crippen LogP contribution in [-0.4, -0.2) is 36.8 Å². The van der Waals surface area contributed by atoms with Gasteiger partial charge in [-0.15, -0.1) is 0 Å². The Labute approximate surface area is 92.9 Å². The highest BCUT2D eigenvalue weighted by Gasteiger charge is 2.32. The molecule has 7 nitrogen and oxygen atoms in total. The van der Waals surface area contributed by atoms with Crippen LogP contribution in [0.15, 0.2) is 6.20 Å². The molecule has 1 atom stereocenters. The largest absolute Gasteiger partial charge is 0.358 e. The molecule has 0 saturated heterocycles. The molecule has 16 heavy (non-hydrogen) atoms. The van der Waals surface area contributed by atoms with E-state index in [2.05, 4.69) is 15.7 Å². The van der Waals surface area contributed by atoms with E-state index in [1.54, 1.807) is 0 Å². The number of likely N-dealkylation sites (N-methyl/N-ethyl adjacent to an activating group) is 1. The highest BCUT2D eigenvalue weighted by atomic mass is 32.2. The van der Waals surface area contributed by atoms with Crippen molar-refractivity contribution in [2.75, 3.05) is 13.3 Å². The minimum absolute atomic E-state index is 0.202. The fraction of sp³-hybridized carbons (Fsp3) is 0.500. The van der Waals surface area contributed by atoms with E-state index in [-0.39, 0.29) is 5.91 Å². The first kappa shape index (κ1) is 11.1. The third-order valence-corrected chi connectivity index (χ3v) is 3.42. The lowest BCUT2D eigenvalue weighted by molar-refractivity contribution is -0.122. The van der Waals surface area contributed by atoms with Crippen LogP contribution >= 0.6 is 0 Å². The molecule has 8 heteroatoms. The Morgan fingerprint density at radius 1 is 1.69 bits per heavy atom. The Morgan fingerprint density at radius 2 is 2.38 bits per heavy atom. The summed E-state index contributed by atoms with van der Waals surface area (Å²) in [6, 6.07) is -0.518. The zero-order chi connectivity index (χ0) is 11.9. The Bertz CT molecular complexity index is 533. The molecule has 0 bridgehead atoms. The van der Waals surface area contributed by atoms with Gasteiger partial charge in [0.05, 0.1) is 18.1 Å². The Morgan fingerprint density at radius 3 is 2.94 bits per heavy atom. The van der Waals surface area contributed by atoms with Gasteiger partial charge >= 0.3 is 0 Å². The first-order valence-corrected chi connectivity index (χ1v) is 6.52. The van der Waals surface area contributed by atoms with Gasteiger partial charge < -0.3 is 5.32 Å². The average molecular weight is 244 g/mol. The first-order valence-electron chi connectivity index (χ1n) is 4.67. The topological polar surface area (TPSA) is 93.1 Å². The quantitative estimate of drug-likeness (QED) is 0.666. The summed E-state index contributed by atoms with van der Waals surface area (Å²) in [7, 11) is -1.88. The van der Waals surface area contributed by atoms with Crippen molar-refractivity contribution in [3.8, 4) is 0 Å². The summed E-state index contributed by atoms with van der Waals surface area (Å²) < 4.78 is 23.7. The molecule has 0 aromatic carbocycles. The van der Waals surface area contributed by atoms with E-state index in [4.69, 9.17) is 0 Å². The number of fused-ring (bicyclic) bond motifs is 1. The first-order chi connectivity index (χ1) is 7.45. The van der Waals surface area contributed by atoms with Crippen molar-refractivity contribution in [1.82, 2.24) is 19.8 Å². The smallest absolute Gasteiger partial charge is 0.251 e. The van der Waals surface area contributed by atoms with Crippen molar-refractivity contribution < 1.29 is 13.2 Å². The van der Waals surface area contributed by atoms with Gasteiger partial charge in [0.2, 0.25) is 5.91 Å². The molecule has 0 saturated carbocycles. The molecular weight excluding hydrogens is 232 g/mol. The van der Waals surface area contributed by atoms with Gasteiger partial charge in [-0.2, -0.15) is 9.19 Å². The van der Waals surface area contributed by atoms with E-state index in [0.717, 1.165) is 10.3 Å². The third kappa shape index (κ3) is 1.59. The van der Waals surface area contributed by atoms with Gasteiger partial charge in [-0.05, 0) is 0 Å². The predicted molar refractivity (Wildman–Crippen MR) is 56.1 cm³/mol. The molecule has 1 aromatic rings. The lowest BCUT2D eigenvalue weighted by Crippen LogP contribution is -2.31. The van der Waals surface area contributed by atoms with Crippen LogP contribution in [0.25, 0.3) is 0 Å². The number of carbonyl (C=O) groups is 1. The van der Waals surface area contributed by atoms with Crippen LogP contribution < -0.4 is 10.6 Å². The van der Waals surface area contributed by atoms with Crippen molar-refractivity contribution in [3.63, 3.8) is 0 Å². The van der Waals surface area contributed by atoms with Crippen LogP contribution in [0.5, 0.6) is 0 Å². The summed E-state index contributed by atoms with van der Waals surface area (Å²) in [4.78, 5) is 11.5. The lowest BCUT2D eigenvalue weighted by Gasteiger charge is -2.07. The Balaban J connectivity index is 2.45. The number of hydrogen-bond donors (Lipinski definition) is 2.